The van der Waals surface area contributed by atoms with Gasteiger partial charge in [0.2, 0.25) is 5.95 Å². The Morgan fingerprint density at radius 3 is 2.16 bits per heavy atom. The molecule has 0 saturated heterocycles. The summed E-state index contributed by atoms with van der Waals surface area (Å²) in [6.45, 7) is 0. The van der Waals surface area contributed by atoms with E-state index in [1.807, 2.05) is 30.3 Å². The van der Waals surface area contributed by atoms with Crippen LogP contribution in [-0.2, 0) is 0 Å². The molecule has 0 unspecified atom stereocenters. The second kappa shape index (κ2) is 6.74. The lowest BCUT2D eigenvalue weighted by Crippen LogP contribution is -2.00. The number of para-hydroxylation sites is 2. The molecule has 0 fully saturated rings. The van der Waals surface area contributed by atoms with Gasteiger partial charge >= 0.3 is 0 Å². The molecule has 0 aliphatic rings. The van der Waals surface area contributed by atoms with Crippen LogP contribution in [0.5, 0.6) is 0 Å². The Hall–Kier alpha value is -5.16. The minimum Gasteiger partial charge on any atom is -0.456 e. The van der Waals surface area contributed by atoms with Crippen LogP contribution in [0, 0.1) is 0 Å². The van der Waals surface area contributed by atoms with Gasteiger partial charge in [0, 0.05) is 21.5 Å². The average Bonchev–Trinajstić information content (AvgIpc) is 3.61. The third-order valence-electron chi connectivity index (χ3n) is 7.47. The molecule has 0 spiro atoms. The van der Waals surface area contributed by atoms with Gasteiger partial charge in [-0.25, -0.2) is 9.97 Å². The highest BCUT2D eigenvalue weighted by Crippen LogP contribution is 2.40. The fourth-order valence-electron chi connectivity index (χ4n) is 5.91. The van der Waals surface area contributed by atoms with Crippen molar-refractivity contribution in [1.82, 2.24) is 14.5 Å². The number of hydrogen-bond donors (Lipinski definition) is 0. The molecule has 37 heavy (non-hydrogen) atoms. The van der Waals surface area contributed by atoms with E-state index in [0.29, 0.717) is 11.5 Å². The predicted molar refractivity (Wildman–Crippen MR) is 148 cm³/mol. The van der Waals surface area contributed by atoms with Crippen LogP contribution in [0.4, 0.5) is 0 Å². The third-order valence-corrected chi connectivity index (χ3v) is 7.47. The van der Waals surface area contributed by atoms with E-state index >= 15 is 0 Å². The summed E-state index contributed by atoms with van der Waals surface area (Å²) in [5.74, 6) is 0.612. The molecule has 0 aliphatic heterocycles. The molecule has 0 radical (unpaired) electrons. The number of rotatable bonds is 1. The lowest BCUT2D eigenvalue weighted by atomic mass is 10.0. The summed E-state index contributed by atoms with van der Waals surface area (Å²) in [6.07, 6.45) is 1.79. The largest absolute Gasteiger partial charge is 0.456 e. The van der Waals surface area contributed by atoms with Crippen molar-refractivity contribution < 1.29 is 8.83 Å². The van der Waals surface area contributed by atoms with Crippen molar-refractivity contribution in [3.63, 3.8) is 0 Å². The average molecular weight is 476 g/mol. The minimum atomic E-state index is 0.612. The van der Waals surface area contributed by atoms with Crippen molar-refractivity contribution in [3.8, 4) is 5.95 Å². The Balaban J connectivity index is 1.44. The predicted octanol–water partition coefficient (Wildman–Crippen LogP) is 8.53. The first-order valence-electron chi connectivity index (χ1n) is 12.3. The number of hydrogen-bond acceptors (Lipinski definition) is 4. The van der Waals surface area contributed by atoms with E-state index in [4.69, 9.17) is 18.8 Å². The molecule has 5 aromatic carbocycles. The molecule has 0 atom stereocenters. The maximum atomic E-state index is 6.21. The molecule has 4 heterocycles. The lowest BCUT2D eigenvalue weighted by Gasteiger charge is -2.06. The zero-order chi connectivity index (χ0) is 24.1. The van der Waals surface area contributed by atoms with E-state index in [0.717, 1.165) is 49.5 Å². The van der Waals surface area contributed by atoms with Gasteiger partial charge < -0.3 is 8.83 Å². The maximum absolute atomic E-state index is 6.21. The van der Waals surface area contributed by atoms with E-state index in [1.54, 1.807) is 6.20 Å². The summed E-state index contributed by atoms with van der Waals surface area (Å²) in [4.78, 5) is 9.93. The molecule has 0 N–H and O–H groups in total. The van der Waals surface area contributed by atoms with Gasteiger partial charge in [0.05, 0.1) is 22.6 Å². The van der Waals surface area contributed by atoms with Gasteiger partial charge in [-0.2, -0.15) is 0 Å². The van der Waals surface area contributed by atoms with Crippen LogP contribution >= 0.6 is 0 Å². The monoisotopic (exact) mass is 475 g/mol. The zero-order valence-corrected chi connectivity index (χ0v) is 19.5. The second-order valence-electron chi connectivity index (χ2n) is 9.43. The molecule has 0 amide bonds. The van der Waals surface area contributed by atoms with Crippen LogP contribution in [0.15, 0.2) is 112 Å². The number of fused-ring (bicyclic) bond motifs is 12. The van der Waals surface area contributed by atoms with Crippen molar-refractivity contribution in [3.05, 3.63) is 103 Å². The van der Waals surface area contributed by atoms with Gasteiger partial charge in [0.15, 0.2) is 5.58 Å². The van der Waals surface area contributed by atoms with Gasteiger partial charge in [-0.15, -0.1) is 0 Å². The molecule has 0 aliphatic carbocycles. The molecular weight excluding hydrogens is 458 g/mol. The highest BCUT2D eigenvalue weighted by molar-refractivity contribution is 6.25. The molecule has 4 aromatic heterocycles. The van der Waals surface area contributed by atoms with E-state index in [1.165, 1.54) is 21.5 Å². The number of furan rings is 2. The highest BCUT2D eigenvalue weighted by Gasteiger charge is 2.20. The van der Waals surface area contributed by atoms with E-state index in [2.05, 4.69) is 71.3 Å². The SMILES string of the molecule is c1ccc2c(c1)ccc1c2c2ccccc2n1-c1ncc2oc3ccc4oc5ccccc5c4c3c2n1. The molecule has 5 heteroatoms. The maximum Gasteiger partial charge on any atom is 0.235 e. The van der Waals surface area contributed by atoms with Crippen molar-refractivity contribution in [1.29, 1.82) is 0 Å². The van der Waals surface area contributed by atoms with Gasteiger partial charge in [-0.3, -0.25) is 4.57 Å². The standard InChI is InChI=1S/C32H17N3O2/c1-2-8-19-18(7-1)13-14-23-28(19)20-9-3-5-11-22(20)35(23)32-33-17-27-31(34-32)30-26(37-27)16-15-25-29(30)21-10-4-6-12-24(21)36-25/h1-17H. The molecular formula is C32H17N3O2. The first-order chi connectivity index (χ1) is 18.3. The Morgan fingerprint density at radius 1 is 0.514 bits per heavy atom. The summed E-state index contributed by atoms with van der Waals surface area (Å²) in [6, 6.07) is 33.3. The Kier molecular flexibility index (Phi) is 3.47. The Morgan fingerprint density at radius 2 is 1.24 bits per heavy atom. The topological polar surface area (TPSA) is 57.0 Å². The van der Waals surface area contributed by atoms with Crippen LogP contribution < -0.4 is 0 Å². The van der Waals surface area contributed by atoms with Gasteiger partial charge in [0.25, 0.3) is 0 Å². The first kappa shape index (κ1) is 19.1. The summed E-state index contributed by atoms with van der Waals surface area (Å²) in [7, 11) is 0. The van der Waals surface area contributed by atoms with E-state index in [9.17, 15) is 0 Å². The zero-order valence-electron chi connectivity index (χ0n) is 19.5. The van der Waals surface area contributed by atoms with Gasteiger partial charge in [0.1, 0.15) is 22.3 Å². The Bertz CT molecular complexity index is 2370. The molecule has 9 aromatic rings. The van der Waals surface area contributed by atoms with Gasteiger partial charge in [-0.1, -0.05) is 66.7 Å². The molecule has 9 rings (SSSR count). The molecule has 5 nitrogen and oxygen atoms in total. The summed E-state index contributed by atoms with van der Waals surface area (Å²) in [5.41, 5.74) is 6.02. The summed E-state index contributed by atoms with van der Waals surface area (Å²) < 4.78 is 14.5. The Labute approximate surface area is 209 Å². The van der Waals surface area contributed by atoms with Crippen molar-refractivity contribution in [2.24, 2.45) is 0 Å². The molecule has 0 saturated carbocycles. The highest BCUT2D eigenvalue weighted by atomic mass is 16.3. The smallest absolute Gasteiger partial charge is 0.235 e. The van der Waals surface area contributed by atoms with E-state index in [-0.39, 0.29) is 0 Å². The van der Waals surface area contributed by atoms with Crippen LogP contribution in [0.2, 0.25) is 0 Å². The number of aromatic nitrogens is 3. The van der Waals surface area contributed by atoms with Crippen LogP contribution in [0.3, 0.4) is 0 Å². The molecule has 172 valence electrons. The summed E-state index contributed by atoms with van der Waals surface area (Å²) >= 11 is 0. The minimum absolute atomic E-state index is 0.612. The normalized spacial score (nSPS) is 12.3. The van der Waals surface area contributed by atoms with Crippen LogP contribution in [0.1, 0.15) is 0 Å². The lowest BCUT2D eigenvalue weighted by molar-refractivity contribution is 0.661. The van der Waals surface area contributed by atoms with Crippen molar-refractivity contribution >= 4 is 76.6 Å². The third kappa shape index (κ3) is 2.43. The van der Waals surface area contributed by atoms with Gasteiger partial charge in [-0.05, 0) is 41.1 Å². The van der Waals surface area contributed by atoms with E-state index < -0.39 is 0 Å². The van der Waals surface area contributed by atoms with Crippen molar-refractivity contribution in [2.75, 3.05) is 0 Å². The fraction of sp³-hybridized carbons (Fsp3) is 0. The second-order valence-corrected chi connectivity index (χ2v) is 9.43. The fourth-order valence-corrected chi connectivity index (χ4v) is 5.91. The molecule has 0 bridgehead atoms. The number of benzene rings is 5. The summed E-state index contributed by atoms with van der Waals surface area (Å²) in [5, 5.41) is 7.84. The number of nitrogens with zero attached hydrogens (tertiary/aromatic N) is 3. The van der Waals surface area contributed by atoms with Crippen LogP contribution in [-0.4, -0.2) is 14.5 Å². The first-order valence-corrected chi connectivity index (χ1v) is 12.3. The van der Waals surface area contributed by atoms with Crippen molar-refractivity contribution in [2.45, 2.75) is 0 Å². The van der Waals surface area contributed by atoms with Crippen LogP contribution in [0.25, 0.3) is 82.5 Å². The quantitative estimate of drug-likeness (QED) is 0.239.